The molecule has 0 saturated carbocycles. The Morgan fingerprint density at radius 1 is 1.32 bits per heavy atom. The van der Waals surface area contributed by atoms with E-state index in [4.69, 9.17) is 16.3 Å². The molecule has 0 spiro atoms. The standard InChI is InChI=1S/C17H17ClN4O3/c1-20(10-12-9-13(18)6-7-14(12)25-2)16(23)11-22-17(24)21-8-4-3-5-15(21)19-22/h3-9H,10-11H2,1-2H3. The van der Waals surface area contributed by atoms with E-state index < -0.39 is 0 Å². The first-order valence-electron chi connectivity index (χ1n) is 7.60. The average Bonchev–Trinajstić information content (AvgIpc) is 2.91. The summed E-state index contributed by atoms with van der Waals surface area (Å²) in [5.74, 6) is 0.404. The molecule has 0 bridgehead atoms. The van der Waals surface area contributed by atoms with E-state index in [1.807, 2.05) is 0 Å². The number of carbonyl (C=O) groups excluding carboxylic acids is 1. The Bertz CT molecular complexity index is 979. The number of aromatic nitrogens is 3. The fourth-order valence-electron chi connectivity index (χ4n) is 2.53. The lowest BCUT2D eigenvalue weighted by Crippen LogP contribution is -2.34. The molecule has 0 fully saturated rings. The quantitative estimate of drug-likeness (QED) is 0.696. The van der Waals surface area contributed by atoms with Crippen molar-refractivity contribution in [2.45, 2.75) is 13.1 Å². The zero-order valence-corrected chi connectivity index (χ0v) is 14.6. The molecule has 130 valence electrons. The number of pyridine rings is 1. The van der Waals surface area contributed by atoms with Crippen LogP contribution in [0.15, 0.2) is 47.4 Å². The third kappa shape index (κ3) is 3.51. The number of halogens is 1. The van der Waals surface area contributed by atoms with Crippen molar-refractivity contribution >= 4 is 23.2 Å². The van der Waals surface area contributed by atoms with E-state index >= 15 is 0 Å². The number of benzene rings is 1. The summed E-state index contributed by atoms with van der Waals surface area (Å²) < 4.78 is 7.84. The molecule has 0 aliphatic rings. The van der Waals surface area contributed by atoms with E-state index in [0.29, 0.717) is 23.0 Å². The molecule has 2 heterocycles. The van der Waals surface area contributed by atoms with Crippen LogP contribution in [0.25, 0.3) is 5.65 Å². The summed E-state index contributed by atoms with van der Waals surface area (Å²) in [7, 11) is 3.22. The van der Waals surface area contributed by atoms with Crippen LogP contribution < -0.4 is 10.4 Å². The number of fused-ring (bicyclic) bond motifs is 1. The lowest BCUT2D eigenvalue weighted by atomic mass is 10.2. The van der Waals surface area contributed by atoms with Gasteiger partial charge >= 0.3 is 5.69 Å². The lowest BCUT2D eigenvalue weighted by Gasteiger charge is -2.18. The summed E-state index contributed by atoms with van der Waals surface area (Å²) in [6.45, 7) is 0.171. The number of methoxy groups -OCH3 is 1. The summed E-state index contributed by atoms with van der Waals surface area (Å²) in [4.78, 5) is 26.2. The summed E-state index contributed by atoms with van der Waals surface area (Å²) in [5.41, 5.74) is 0.936. The van der Waals surface area contributed by atoms with Crippen molar-refractivity contribution in [3.05, 3.63) is 63.7 Å². The predicted molar refractivity (Wildman–Crippen MR) is 93.9 cm³/mol. The minimum absolute atomic E-state index is 0.139. The van der Waals surface area contributed by atoms with Crippen LogP contribution in [0.3, 0.4) is 0 Å². The molecule has 0 radical (unpaired) electrons. The van der Waals surface area contributed by atoms with Crippen molar-refractivity contribution in [1.82, 2.24) is 19.1 Å². The van der Waals surface area contributed by atoms with Crippen molar-refractivity contribution < 1.29 is 9.53 Å². The Morgan fingerprint density at radius 2 is 2.12 bits per heavy atom. The molecule has 7 nitrogen and oxygen atoms in total. The fourth-order valence-corrected chi connectivity index (χ4v) is 2.73. The van der Waals surface area contributed by atoms with E-state index in [-0.39, 0.29) is 18.1 Å². The van der Waals surface area contributed by atoms with Crippen LogP contribution in [0.5, 0.6) is 5.75 Å². The van der Waals surface area contributed by atoms with Crippen molar-refractivity contribution in [1.29, 1.82) is 0 Å². The van der Waals surface area contributed by atoms with Gasteiger partial charge in [0.15, 0.2) is 5.65 Å². The van der Waals surface area contributed by atoms with Gasteiger partial charge < -0.3 is 9.64 Å². The van der Waals surface area contributed by atoms with Crippen LogP contribution in [0, 0.1) is 0 Å². The SMILES string of the molecule is COc1ccc(Cl)cc1CN(C)C(=O)Cn1nc2ccccn2c1=O. The molecule has 0 N–H and O–H groups in total. The van der Waals surface area contributed by atoms with E-state index in [2.05, 4.69) is 5.10 Å². The van der Waals surface area contributed by atoms with Crippen molar-refractivity contribution in [3.8, 4) is 5.75 Å². The summed E-state index contributed by atoms with van der Waals surface area (Å²) in [6, 6.07) is 10.5. The van der Waals surface area contributed by atoms with Gasteiger partial charge in [0.05, 0.1) is 7.11 Å². The third-order valence-corrected chi connectivity index (χ3v) is 4.08. The van der Waals surface area contributed by atoms with Crippen molar-refractivity contribution in [2.24, 2.45) is 0 Å². The number of nitrogens with zero attached hydrogens (tertiary/aromatic N) is 4. The van der Waals surface area contributed by atoms with Crippen molar-refractivity contribution in [2.75, 3.05) is 14.2 Å². The summed E-state index contributed by atoms with van der Waals surface area (Å²) in [5, 5.41) is 4.73. The molecule has 0 aliphatic carbocycles. The zero-order valence-electron chi connectivity index (χ0n) is 13.8. The van der Waals surface area contributed by atoms with Crippen LogP contribution in [0.2, 0.25) is 5.02 Å². The normalized spacial score (nSPS) is 10.8. The molecular formula is C17H17ClN4O3. The van der Waals surface area contributed by atoms with Crippen LogP contribution in [-0.2, 0) is 17.9 Å². The molecule has 1 aromatic carbocycles. The van der Waals surface area contributed by atoms with Gasteiger partial charge in [0.2, 0.25) is 5.91 Å². The summed E-state index contributed by atoms with van der Waals surface area (Å²) >= 11 is 6.02. The minimum Gasteiger partial charge on any atom is -0.496 e. The Morgan fingerprint density at radius 3 is 2.84 bits per heavy atom. The van der Waals surface area contributed by atoms with E-state index in [1.54, 1.807) is 56.8 Å². The van der Waals surface area contributed by atoms with Gasteiger partial charge in [-0.05, 0) is 30.3 Å². The van der Waals surface area contributed by atoms with Gasteiger partial charge in [-0.2, -0.15) is 0 Å². The van der Waals surface area contributed by atoms with Crippen molar-refractivity contribution in [3.63, 3.8) is 0 Å². The first kappa shape index (κ1) is 17.0. The molecular weight excluding hydrogens is 344 g/mol. The monoisotopic (exact) mass is 360 g/mol. The third-order valence-electron chi connectivity index (χ3n) is 3.85. The predicted octanol–water partition coefficient (Wildman–Crippen LogP) is 1.82. The molecule has 0 aliphatic heterocycles. The number of carbonyl (C=O) groups is 1. The highest BCUT2D eigenvalue weighted by Crippen LogP contribution is 2.23. The van der Waals surface area contributed by atoms with Gasteiger partial charge in [0, 0.05) is 30.4 Å². The topological polar surface area (TPSA) is 68.8 Å². The van der Waals surface area contributed by atoms with Crippen LogP contribution in [0.4, 0.5) is 0 Å². The molecule has 0 atom stereocenters. The Balaban J connectivity index is 1.77. The number of likely N-dealkylation sites (N-methyl/N-ethyl adjacent to an activating group) is 1. The highest BCUT2D eigenvalue weighted by Gasteiger charge is 2.16. The molecule has 8 heteroatoms. The number of hydrogen-bond donors (Lipinski definition) is 0. The Hall–Kier alpha value is -2.80. The van der Waals surface area contributed by atoms with Gasteiger partial charge in [0.1, 0.15) is 12.3 Å². The highest BCUT2D eigenvalue weighted by atomic mass is 35.5. The molecule has 0 unspecified atom stereocenters. The Labute approximate surface area is 149 Å². The fraction of sp³-hybridized carbons (Fsp3) is 0.235. The molecule has 1 amide bonds. The van der Waals surface area contributed by atoms with E-state index in [9.17, 15) is 9.59 Å². The van der Waals surface area contributed by atoms with Gasteiger partial charge in [-0.3, -0.25) is 9.20 Å². The molecule has 3 rings (SSSR count). The smallest absolute Gasteiger partial charge is 0.350 e. The zero-order chi connectivity index (χ0) is 18.0. The van der Waals surface area contributed by atoms with Gasteiger partial charge in [-0.1, -0.05) is 17.7 Å². The second kappa shape index (κ2) is 6.98. The lowest BCUT2D eigenvalue weighted by molar-refractivity contribution is -0.131. The van der Waals surface area contributed by atoms with Gasteiger partial charge in [0.25, 0.3) is 0 Å². The average molecular weight is 361 g/mol. The molecule has 3 aromatic rings. The van der Waals surface area contributed by atoms with Gasteiger partial charge in [-0.15, -0.1) is 5.10 Å². The number of amides is 1. The largest absolute Gasteiger partial charge is 0.496 e. The number of hydrogen-bond acceptors (Lipinski definition) is 4. The molecule has 2 aromatic heterocycles. The van der Waals surface area contributed by atoms with Crippen LogP contribution >= 0.6 is 11.6 Å². The van der Waals surface area contributed by atoms with Gasteiger partial charge in [-0.25, -0.2) is 9.48 Å². The van der Waals surface area contributed by atoms with Crippen LogP contribution in [0.1, 0.15) is 5.56 Å². The summed E-state index contributed by atoms with van der Waals surface area (Å²) in [6.07, 6.45) is 1.62. The van der Waals surface area contributed by atoms with E-state index in [1.165, 1.54) is 9.30 Å². The van der Waals surface area contributed by atoms with E-state index in [0.717, 1.165) is 10.2 Å². The second-order valence-electron chi connectivity index (χ2n) is 5.58. The first-order chi connectivity index (χ1) is 12.0. The molecule has 0 saturated heterocycles. The van der Waals surface area contributed by atoms with Crippen LogP contribution in [-0.4, -0.2) is 39.1 Å². The maximum atomic E-state index is 12.5. The highest BCUT2D eigenvalue weighted by molar-refractivity contribution is 6.30. The maximum absolute atomic E-state index is 12.5. The number of ether oxygens (including phenoxy) is 1. The molecule has 25 heavy (non-hydrogen) atoms. The first-order valence-corrected chi connectivity index (χ1v) is 7.98. The maximum Gasteiger partial charge on any atom is 0.350 e. The number of rotatable bonds is 5. The minimum atomic E-state index is -0.349. The Kier molecular flexibility index (Phi) is 4.76. The second-order valence-corrected chi connectivity index (χ2v) is 6.01.